The Morgan fingerprint density at radius 2 is 1.87 bits per heavy atom. The normalized spacial score (nSPS) is 11.5. The van der Waals surface area contributed by atoms with E-state index in [2.05, 4.69) is 20.1 Å². The van der Waals surface area contributed by atoms with Gasteiger partial charge in [0.1, 0.15) is 16.8 Å². The van der Waals surface area contributed by atoms with Crippen LogP contribution >= 0.6 is 11.6 Å². The van der Waals surface area contributed by atoms with Crippen molar-refractivity contribution in [2.75, 3.05) is 5.32 Å². The second-order valence-corrected chi connectivity index (χ2v) is 6.99. The number of rotatable bonds is 5. The van der Waals surface area contributed by atoms with E-state index in [-0.39, 0.29) is 16.9 Å². The Morgan fingerprint density at radius 1 is 1.13 bits per heavy atom. The van der Waals surface area contributed by atoms with Gasteiger partial charge in [-0.05, 0) is 36.4 Å². The smallest absolute Gasteiger partial charge is 0.420 e. The standard InChI is InChI=1S/C20H14ClF2N5O3/c1-27-11-17-16(26-27)8-14(9-24-17)28-10-12(2-7-18(28)29)19(30)25-13-3-5-15(6-4-13)31-20(21,22)23/h2-11H,1H3,(H,25,30). The number of hydrogen-bond acceptors (Lipinski definition) is 5. The molecule has 0 bridgehead atoms. The number of fused-ring (bicyclic) bond motifs is 1. The molecular formula is C20H14ClF2N5O3. The van der Waals surface area contributed by atoms with E-state index in [9.17, 15) is 18.4 Å². The van der Waals surface area contributed by atoms with Crippen molar-refractivity contribution in [1.82, 2.24) is 19.3 Å². The van der Waals surface area contributed by atoms with Crippen LogP contribution in [0, 0.1) is 0 Å². The Hall–Kier alpha value is -3.79. The van der Waals surface area contributed by atoms with E-state index in [0.717, 1.165) is 0 Å². The monoisotopic (exact) mass is 445 g/mol. The van der Waals surface area contributed by atoms with Gasteiger partial charge in [-0.3, -0.25) is 23.8 Å². The summed E-state index contributed by atoms with van der Waals surface area (Å²) in [6.07, 6.45) is 4.64. The Kier molecular flexibility index (Phi) is 5.15. The molecule has 0 fully saturated rings. The van der Waals surface area contributed by atoms with Gasteiger partial charge in [-0.1, -0.05) is 0 Å². The van der Waals surface area contributed by atoms with Gasteiger partial charge in [0.25, 0.3) is 11.5 Å². The van der Waals surface area contributed by atoms with Gasteiger partial charge in [-0.25, -0.2) is 0 Å². The second-order valence-electron chi connectivity index (χ2n) is 6.55. The van der Waals surface area contributed by atoms with E-state index in [1.54, 1.807) is 24.0 Å². The molecule has 8 nitrogen and oxygen atoms in total. The number of aromatic nitrogens is 4. The topological polar surface area (TPSA) is 91.0 Å². The summed E-state index contributed by atoms with van der Waals surface area (Å²) < 4.78 is 32.5. The minimum absolute atomic E-state index is 0.163. The molecule has 1 N–H and O–H groups in total. The first-order valence-corrected chi connectivity index (χ1v) is 9.25. The van der Waals surface area contributed by atoms with Gasteiger partial charge in [0, 0.05) is 36.6 Å². The lowest BCUT2D eigenvalue weighted by Crippen LogP contribution is -2.21. The first kappa shape index (κ1) is 20.5. The van der Waals surface area contributed by atoms with Crippen LogP contribution in [0.5, 0.6) is 5.75 Å². The number of amides is 1. The number of alkyl halides is 3. The summed E-state index contributed by atoms with van der Waals surface area (Å²) in [5, 5.41) is 6.88. The van der Waals surface area contributed by atoms with Crippen molar-refractivity contribution in [3.8, 4) is 11.4 Å². The Labute approximate surface area is 178 Å². The zero-order chi connectivity index (χ0) is 22.2. The maximum Gasteiger partial charge on any atom is 0.487 e. The van der Waals surface area contributed by atoms with E-state index in [0.29, 0.717) is 22.4 Å². The van der Waals surface area contributed by atoms with Crippen molar-refractivity contribution >= 4 is 34.2 Å². The molecule has 3 heterocycles. The molecule has 0 aliphatic rings. The summed E-state index contributed by atoms with van der Waals surface area (Å²) in [7, 11) is 1.76. The average molecular weight is 446 g/mol. The lowest BCUT2D eigenvalue weighted by atomic mass is 10.2. The lowest BCUT2D eigenvalue weighted by molar-refractivity contribution is -0.0964. The highest BCUT2D eigenvalue weighted by Crippen LogP contribution is 2.26. The van der Waals surface area contributed by atoms with Crippen LogP contribution in [0.3, 0.4) is 0 Å². The van der Waals surface area contributed by atoms with Crippen molar-refractivity contribution in [3.05, 3.63) is 77.0 Å². The molecule has 0 radical (unpaired) electrons. The summed E-state index contributed by atoms with van der Waals surface area (Å²) in [5.41, 5.74) is -1.91. The van der Waals surface area contributed by atoms with Gasteiger partial charge >= 0.3 is 5.57 Å². The first-order valence-electron chi connectivity index (χ1n) is 8.88. The zero-order valence-electron chi connectivity index (χ0n) is 15.9. The molecule has 11 heteroatoms. The third-order valence-corrected chi connectivity index (χ3v) is 4.33. The number of carbonyl (C=O) groups is 1. The fraction of sp³-hybridized carbons (Fsp3) is 0.100. The van der Waals surface area contributed by atoms with Crippen molar-refractivity contribution in [1.29, 1.82) is 0 Å². The highest BCUT2D eigenvalue weighted by Gasteiger charge is 2.27. The number of benzene rings is 1. The van der Waals surface area contributed by atoms with Crippen LogP contribution in [0.4, 0.5) is 14.5 Å². The van der Waals surface area contributed by atoms with Crippen molar-refractivity contribution in [2.45, 2.75) is 5.57 Å². The number of nitrogens with zero attached hydrogens (tertiary/aromatic N) is 4. The predicted molar refractivity (Wildman–Crippen MR) is 110 cm³/mol. The molecule has 0 unspecified atom stereocenters. The quantitative estimate of drug-likeness (QED) is 0.474. The van der Waals surface area contributed by atoms with E-state index >= 15 is 0 Å². The van der Waals surface area contributed by atoms with E-state index in [1.165, 1.54) is 53.4 Å². The maximum atomic E-state index is 12.7. The molecule has 0 spiro atoms. The molecule has 0 saturated carbocycles. The molecule has 158 valence electrons. The van der Waals surface area contributed by atoms with Crippen LogP contribution in [0.25, 0.3) is 16.7 Å². The Balaban J connectivity index is 1.57. The number of carbonyl (C=O) groups excluding carboxylic acids is 1. The number of anilines is 1. The van der Waals surface area contributed by atoms with Crippen molar-refractivity contribution in [3.63, 3.8) is 0 Å². The summed E-state index contributed by atoms with van der Waals surface area (Å²) in [4.78, 5) is 29.2. The van der Waals surface area contributed by atoms with Crippen LogP contribution in [0.2, 0.25) is 0 Å². The Morgan fingerprint density at radius 3 is 2.58 bits per heavy atom. The summed E-state index contributed by atoms with van der Waals surface area (Å²) >= 11 is 4.72. The average Bonchev–Trinajstić information content (AvgIpc) is 3.08. The molecule has 3 aromatic heterocycles. The summed E-state index contributed by atoms with van der Waals surface area (Å²) in [5.74, 6) is -0.666. The van der Waals surface area contributed by atoms with Crippen LogP contribution < -0.4 is 15.6 Å². The molecule has 0 aliphatic carbocycles. The number of aryl methyl sites for hydroxylation is 1. The fourth-order valence-corrected chi connectivity index (χ4v) is 3.00. The van der Waals surface area contributed by atoms with E-state index in [1.807, 2.05) is 0 Å². The molecule has 31 heavy (non-hydrogen) atoms. The minimum atomic E-state index is -3.83. The first-order chi connectivity index (χ1) is 14.7. The number of pyridine rings is 2. The molecule has 0 atom stereocenters. The molecule has 1 aromatic carbocycles. The number of halogens is 3. The molecule has 0 aliphatic heterocycles. The molecule has 4 rings (SSSR count). The number of ether oxygens (including phenoxy) is 1. The minimum Gasteiger partial charge on any atom is -0.420 e. The van der Waals surface area contributed by atoms with Gasteiger partial charge in [-0.15, -0.1) is 8.78 Å². The highest BCUT2D eigenvalue weighted by molar-refractivity contribution is 6.20. The van der Waals surface area contributed by atoms with Gasteiger partial charge in [-0.2, -0.15) is 5.10 Å². The van der Waals surface area contributed by atoms with E-state index < -0.39 is 11.5 Å². The summed E-state index contributed by atoms with van der Waals surface area (Å²) in [6.45, 7) is 0. The fourth-order valence-electron chi connectivity index (χ4n) is 2.91. The molecule has 0 saturated heterocycles. The van der Waals surface area contributed by atoms with Gasteiger partial charge in [0.05, 0.1) is 23.6 Å². The van der Waals surface area contributed by atoms with E-state index in [4.69, 9.17) is 11.6 Å². The zero-order valence-corrected chi connectivity index (χ0v) is 16.7. The summed E-state index contributed by atoms with van der Waals surface area (Å²) in [6, 6.07) is 9.57. The maximum absolute atomic E-state index is 12.7. The third-order valence-electron chi connectivity index (χ3n) is 4.25. The van der Waals surface area contributed by atoms with Crippen LogP contribution in [-0.2, 0) is 7.05 Å². The van der Waals surface area contributed by atoms with Crippen molar-refractivity contribution < 1.29 is 18.3 Å². The van der Waals surface area contributed by atoms with Gasteiger partial charge in [0.2, 0.25) is 0 Å². The number of nitrogens with one attached hydrogen (secondary N) is 1. The third kappa shape index (κ3) is 4.69. The second kappa shape index (κ2) is 7.80. The lowest BCUT2D eigenvalue weighted by Gasteiger charge is -2.11. The predicted octanol–water partition coefficient (Wildman–Crippen LogP) is 3.54. The van der Waals surface area contributed by atoms with Gasteiger partial charge < -0.3 is 10.1 Å². The molecule has 1 amide bonds. The van der Waals surface area contributed by atoms with Crippen LogP contribution in [0.15, 0.2) is 65.8 Å². The SMILES string of the molecule is Cn1cc2ncc(-n3cc(C(=O)Nc4ccc(OC(F)(F)Cl)cc4)ccc3=O)cc2n1. The van der Waals surface area contributed by atoms with Crippen molar-refractivity contribution in [2.24, 2.45) is 7.05 Å². The largest absolute Gasteiger partial charge is 0.487 e. The van der Waals surface area contributed by atoms with Crippen LogP contribution in [0.1, 0.15) is 10.4 Å². The molecular weight excluding hydrogens is 432 g/mol. The molecule has 4 aromatic rings. The highest BCUT2D eigenvalue weighted by atomic mass is 35.5. The van der Waals surface area contributed by atoms with Crippen LogP contribution in [-0.4, -0.2) is 30.8 Å². The van der Waals surface area contributed by atoms with Gasteiger partial charge in [0.15, 0.2) is 0 Å². The number of hydrogen-bond donors (Lipinski definition) is 1. The Bertz CT molecular complexity index is 1330.